The van der Waals surface area contributed by atoms with Crippen molar-refractivity contribution in [1.29, 1.82) is 0 Å². The topological polar surface area (TPSA) is 83.0 Å². The van der Waals surface area contributed by atoms with Crippen molar-refractivity contribution in [2.24, 2.45) is 5.10 Å². The van der Waals surface area contributed by atoms with E-state index in [0.717, 1.165) is 24.8 Å². The molecule has 0 radical (unpaired) electrons. The molecule has 1 aromatic rings. The van der Waals surface area contributed by atoms with Gasteiger partial charge in [-0.05, 0) is 49.7 Å². The average molecular weight is 399 g/mol. The molecular weight excluding hydrogens is 372 g/mol. The standard InChI is InChI=1S/C17H26N4O3S2/c1-14(19-20-17(25)18-10-13-24-2)15-6-8-16(9-7-15)26(22,23)21-11-4-3-5-12-21/h6-9H,3-5,10-13H2,1-2H3,(H2,18,20,25)/b19-14-. The van der Waals surface area contributed by atoms with Gasteiger partial charge in [0.1, 0.15) is 0 Å². The summed E-state index contributed by atoms with van der Waals surface area (Å²) >= 11 is 5.11. The number of methoxy groups -OCH3 is 1. The van der Waals surface area contributed by atoms with Crippen LogP contribution in [-0.4, -0.2) is 56.9 Å². The zero-order valence-electron chi connectivity index (χ0n) is 15.2. The Morgan fingerprint density at radius 3 is 2.50 bits per heavy atom. The lowest BCUT2D eigenvalue weighted by Gasteiger charge is -2.25. The van der Waals surface area contributed by atoms with Crippen LogP contribution in [0.2, 0.25) is 0 Å². The van der Waals surface area contributed by atoms with E-state index in [9.17, 15) is 8.42 Å². The van der Waals surface area contributed by atoms with Crippen LogP contribution in [0.25, 0.3) is 0 Å². The molecule has 0 atom stereocenters. The molecule has 7 nitrogen and oxygen atoms in total. The third-order valence-electron chi connectivity index (χ3n) is 4.14. The molecule has 0 spiro atoms. The van der Waals surface area contributed by atoms with E-state index in [2.05, 4.69) is 15.8 Å². The first-order valence-electron chi connectivity index (χ1n) is 8.63. The summed E-state index contributed by atoms with van der Waals surface area (Å²) in [5, 5.41) is 7.58. The van der Waals surface area contributed by atoms with E-state index < -0.39 is 10.0 Å². The average Bonchev–Trinajstić information content (AvgIpc) is 2.67. The maximum Gasteiger partial charge on any atom is 0.243 e. The van der Waals surface area contributed by atoms with E-state index in [1.54, 1.807) is 35.7 Å². The van der Waals surface area contributed by atoms with E-state index >= 15 is 0 Å². The predicted molar refractivity (Wildman–Crippen MR) is 107 cm³/mol. The van der Waals surface area contributed by atoms with Crippen LogP contribution < -0.4 is 10.7 Å². The molecule has 1 aromatic carbocycles. The van der Waals surface area contributed by atoms with Gasteiger partial charge < -0.3 is 10.1 Å². The molecule has 0 aromatic heterocycles. The summed E-state index contributed by atoms with van der Waals surface area (Å²) in [6.07, 6.45) is 2.94. The fraction of sp³-hybridized carbons (Fsp3) is 0.529. The van der Waals surface area contributed by atoms with Crippen LogP contribution >= 0.6 is 12.2 Å². The number of benzene rings is 1. The molecule has 0 amide bonds. The molecule has 1 saturated heterocycles. The van der Waals surface area contributed by atoms with Crippen molar-refractivity contribution in [1.82, 2.24) is 15.0 Å². The van der Waals surface area contributed by atoms with Crippen LogP contribution in [0, 0.1) is 0 Å². The summed E-state index contributed by atoms with van der Waals surface area (Å²) < 4.78 is 31.8. The summed E-state index contributed by atoms with van der Waals surface area (Å²) in [7, 11) is -1.79. The van der Waals surface area contributed by atoms with Crippen molar-refractivity contribution in [2.75, 3.05) is 33.4 Å². The third kappa shape index (κ3) is 5.73. The van der Waals surface area contributed by atoms with Crippen LogP contribution in [-0.2, 0) is 14.8 Å². The van der Waals surface area contributed by atoms with Gasteiger partial charge in [-0.3, -0.25) is 5.43 Å². The van der Waals surface area contributed by atoms with Gasteiger partial charge in [0.25, 0.3) is 0 Å². The summed E-state index contributed by atoms with van der Waals surface area (Å²) in [4.78, 5) is 0.320. The molecule has 0 aliphatic carbocycles. The van der Waals surface area contributed by atoms with Crippen LogP contribution in [0.5, 0.6) is 0 Å². The van der Waals surface area contributed by atoms with Crippen LogP contribution in [0.3, 0.4) is 0 Å². The van der Waals surface area contributed by atoms with Gasteiger partial charge in [0.15, 0.2) is 5.11 Å². The Kier molecular flexibility index (Phi) is 7.95. The number of hydrogen-bond donors (Lipinski definition) is 2. The van der Waals surface area contributed by atoms with E-state index in [4.69, 9.17) is 17.0 Å². The van der Waals surface area contributed by atoms with Gasteiger partial charge in [-0.2, -0.15) is 9.41 Å². The summed E-state index contributed by atoms with van der Waals surface area (Å²) in [5.74, 6) is 0. The van der Waals surface area contributed by atoms with Crippen molar-refractivity contribution >= 4 is 33.1 Å². The molecule has 26 heavy (non-hydrogen) atoms. The number of ether oxygens (including phenoxy) is 1. The lowest BCUT2D eigenvalue weighted by atomic mass is 10.1. The number of piperidine rings is 1. The second-order valence-electron chi connectivity index (χ2n) is 6.05. The largest absolute Gasteiger partial charge is 0.383 e. The number of nitrogens with one attached hydrogen (secondary N) is 2. The van der Waals surface area contributed by atoms with Gasteiger partial charge in [-0.15, -0.1) is 0 Å². The first kappa shape index (κ1) is 20.8. The van der Waals surface area contributed by atoms with E-state index in [-0.39, 0.29) is 0 Å². The fourth-order valence-electron chi connectivity index (χ4n) is 2.63. The van der Waals surface area contributed by atoms with E-state index in [1.807, 2.05) is 6.92 Å². The molecule has 0 saturated carbocycles. The summed E-state index contributed by atoms with van der Waals surface area (Å²) in [5.41, 5.74) is 4.30. The van der Waals surface area contributed by atoms with Crippen molar-refractivity contribution in [2.45, 2.75) is 31.1 Å². The molecule has 144 valence electrons. The number of hydrogen-bond acceptors (Lipinski definition) is 5. The Morgan fingerprint density at radius 1 is 1.23 bits per heavy atom. The molecule has 0 bridgehead atoms. The van der Waals surface area contributed by atoms with Crippen molar-refractivity contribution in [3.63, 3.8) is 0 Å². The first-order valence-corrected chi connectivity index (χ1v) is 10.5. The molecular formula is C17H26N4O3S2. The van der Waals surface area contributed by atoms with Crippen molar-refractivity contribution in [3.8, 4) is 0 Å². The normalized spacial score (nSPS) is 16.3. The lowest BCUT2D eigenvalue weighted by Crippen LogP contribution is -2.35. The number of sulfonamides is 1. The minimum absolute atomic E-state index is 0.320. The van der Waals surface area contributed by atoms with E-state index in [0.29, 0.717) is 42.0 Å². The van der Waals surface area contributed by atoms with Gasteiger partial charge >= 0.3 is 0 Å². The van der Waals surface area contributed by atoms with Crippen LogP contribution in [0.15, 0.2) is 34.3 Å². The first-order chi connectivity index (χ1) is 12.4. The van der Waals surface area contributed by atoms with Gasteiger partial charge in [0.2, 0.25) is 10.0 Å². The van der Waals surface area contributed by atoms with Crippen molar-refractivity contribution < 1.29 is 13.2 Å². The molecule has 9 heteroatoms. The maximum atomic E-state index is 12.7. The zero-order valence-corrected chi connectivity index (χ0v) is 16.8. The summed E-state index contributed by atoms with van der Waals surface area (Å²) in [6.45, 7) is 4.18. The lowest BCUT2D eigenvalue weighted by molar-refractivity contribution is 0.204. The van der Waals surface area contributed by atoms with Gasteiger partial charge in [-0.1, -0.05) is 18.6 Å². The second kappa shape index (κ2) is 9.96. The smallest absolute Gasteiger partial charge is 0.243 e. The van der Waals surface area contributed by atoms with Gasteiger partial charge in [-0.25, -0.2) is 8.42 Å². The highest BCUT2D eigenvalue weighted by atomic mass is 32.2. The fourth-order valence-corrected chi connectivity index (χ4v) is 4.29. The molecule has 2 rings (SSSR count). The minimum atomic E-state index is -3.41. The zero-order chi connectivity index (χ0) is 19.0. The maximum absolute atomic E-state index is 12.7. The Hall–Kier alpha value is -1.55. The molecule has 1 heterocycles. The molecule has 1 fully saturated rings. The predicted octanol–water partition coefficient (Wildman–Crippen LogP) is 1.70. The quantitative estimate of drug-likeness (QED) is 0.315. The Bertz CT molecular complexity index is 727. The molecule has 0 unspecified atom stereocenters. The highest BCUT2D eigenvalue weighted by Gasteiger charge is 2.25. The minimum Gasteiger partial charge on any atom is -0.383 e. The SMILES string of the molecule is COCCNC(=S)N/N=C(/C)c1ccc(S(=O)(=O)N2CCCCC2)cc1. The monoisotopic (exact) mass is 398 g/mol. The number of nitrogens with zero attached hydrogens (tertiary/aromatic N) is 2. The highest BCUT2D eigenvalue weighted by molar-refractivity contribution is 7.89. The second-order valence-corrected chi connectivity index (χ2v) is 8.39. The van der Waals surface area contributed by atoms with Gasteiger partial charge in [0.05, 0.1) is 17.2 Å². The molecule has 2 N–H and O–H groups in total. The highest BCUT2D eigenvalue weighted by Crippen LogP contribution is 2.21. The van der Waals surface area contributed by atoms with Crippen LogP contribution in [0.4, 0.5) is 0 Å². The number of rotatable bonds is 7. The van der Waals surface area contributed by atoms with Crippen molar-refractivity contribution in [3.05, 3.63) is 29.8 Å². The Morgan fingerprint density at radius 2 is 1.88 bits per heavy atom. The molecule has 1 aliphatic rings. The number of hydrazone groups is 1. The Labute approximate surface area is 160 Å². The number of thiocarbonyl (C=S) groups is 1. The van der Waals surface area contributed by atoms with Gasteiger partial charge in [0, 0.05) is 26.7 Å². The molecule has 1 aliphatic heterocycles. The third-order valence-corrected chi connectivity index (χ3v) is 6.29. The van der Waals surface area contributed by atoms with Crippen LogP contribution in [0.1, 0.15) is 31.7 Å². The Balaban J connectivity index is 1.99. The van der Waals surface area contributed by atoms with E-state index in [1.165, 1.54) is 0 Å². The summed E-state index contributed by atoms with van der Waals surface area (Å²) in [6, 6.07) is 6.79.